The number of hydrogen-bond acceptors (Lipinski definition) is 3. The minimum atomic E-state index is -1.25. The number of nitrogens with zero attached hydrogens (tertiary/aromatic N) is 1. The van der Waals surface area contributed by atoms with Gasteiger partial charge >= 0.3 is 5.97 Å². The monoisotopic (exact) mass is 250 g/mol. The van der Waals surface area contributed by atoms with Crippen LogP contribution >= 0.6 is 0 Å². The lowest BCUT2D eigenvalue weighted by molar-refractivity contribution is -0.147. The number of carbonyl (C=O) groups excluding carboxylic acids is 1. The van der Waals surface area contributed by atoms with E-state index in [-0.39, 0.29) is 5.91 Å². The van der Waals surface area contributed by atoms with E-state index < -0.39 is 11.5 Å². The summed E-state index contributed by atoms with van der Waals surface area (Å²) in [5.41, 5.74) is 5.60. The van der Waals surface area contributed by atoms with Crippen molar-refractivity contribution >= 4 is 11.9 Å². The molecule has 0 aromatic heterocycles. The maximum atomic E-state index is 12.1. The van der Waals surface area contributed by atoms with E-state index in [1.807, 2.05) is 0 Å². The summed E-state index contributed by atoms with van der Waals surface area (Å²) >= 11 is 0. The quantitative estimate of drug-likeness (QED) is 0.837. The van der Waals surface area contributed by atoms with Gasteiger partial charge in [-0.3, -0.25) is 4.79 Å². The van der Waals surface area contributed by atoms with Crippen LogP contribution in [0.1, 0.15) is 29.8 Å². The van der Waals surface area contributed by atoms with Crippen LogP contribution in [0.3, 0.4) is 0 Å². The van der Waals surface area contributed by atoms with Crippen molar-refractivity contribution in [1.82, 2.24) is 4.90 Å². The summed E-state index contributed by atoms with van der Waals surface area (Å²) in [5, 5.41) is 9.08. The maximum Gasteiger partial charge on any atom is 0.329 e. The molecule has 0 unspecified atom stereocenters. The molecule has 0 radical (unpaired) electrons. The van der Waals surface area contributed by atoms with Crippen molar-refractivity contribution < 1.29 is 14.7 Å². The van der Waals surface area contributed by atoms with Gasteiger partial charge in [0, 0.05) is 19.2 Å². The highest BCUT2D eigenvalue weighted by atomic mass is 16.4. The van der Waals surface area contributed by atoms with Crippen molar-refractivity contribution in [3.05, 3.63) is 35.4 Å². The molecule has 98 valence electrons. The summed E-state index contributed by atoms with van der Waals surface area (Å²) in [7, 11) is 1.48. The van der Waals surface area contributed by atoms with Crippen molar-refractivity contribution in [1.29, 1.82) is 0 Å². The van der Waals surface area contributed by atoms with Gasteiger partial charge in [-0.2, -0.15) is 0 Å². The average molecular weight is 250 g/mol. The Morgan fingerprint density at radius 1 is 1.28 bits per heavy atom. The number of hydrogen-bond donors (Lipinski definition) is 2. The van der Waals surface area contributed by atoms with E-state index in [4.69, 9.17) is 10.8 Å². The molecular formula is C13H18N2O3. The smallest absolute Gasteiger partial charge is 0.329 e. The molecule has 1 aromatic rings. The second kappa shape index (κ2) is 5.18. The zero-order chi connectivity index (χ0) is 13.9. The number of likely N-dealkylation sites (N-methyl/N-ethyl adjacent to an activating group) is 1. The fourth-order valence-corrected chi connectivity index (χ4v) is 1.37. The minimum absolute atomic E-state index is 0.328. The van der Waals surface area contributed by atoms with Gasteiger partial charge in [0.2, 0.25) is 0 Å². The zero-order valence-electron chi connectivity index (χ0n) is 10.8. The molecule has 5 nitrogen and oxygen atoms in total. The molecule has 0 aliphatic rings. The van der Waals surface area contributed by atoms with Crippen LogP contribution in [-0.2, 0) is 11.3 Å². The summed E-state index contributed by atoms with van der Waals surface area (Å²) in [6, 6.07) is 6.82. The molecule has 5 heteroatoms. The van der Waals surface area contributed by atoms with E-state index in [0.717, 1.165) is 5.56 Å². The third kappa shape index (κ3) is 2.68. The van der Waals surface area contributed by atoms with Gasteiger partial charge in [0.1, 0.15) is 5.54 Å². The molecule has 0 fully saturated rings. The second-order valence-corrected chi connectivity index (χ2v) is 4.63. The zero-order valence-corrected chi connectivity index (χ0v) is 10.8. The normalized spacial score (nSPS) is 11.1. The van der Waals surface area contributed by atoms with Gasteiger partial charge in [-0.25, -0.2) is 4.79 Å². The number of rotatable bonds is 4. The highest BCUT2D eigenvalue weighted by Crippen LogP contribution is 2.16. The molecule has 0 spiro atoms. The number of carboxylic acid groups (broad SMARTS) is 1. The first kappa shape index (κ1) is 14.2. The van der Waals surface area contributed by atoms with Crippen molar-refractivity contribution in [2.75, 3.05) is 7.05 Å². The van der Waals surface area contributed by atoms with Crippen molar-refractivity contribution in [3.8, 4) is 0 Å². The lowest BCUT2D eigenvalue weighted by Gasteiger charge is -2.31. The SMILES string of the molecule is CN(C(=O)c1ccc(CN)cc1)C(C)(C)C(=O)O. The summed E-state index contributed by atoms with van der Waals surface area (Å²) in [6.45, 7) is 3.38. The first-order chi connectivity index (χ1) is 8.30. The summed E-state index contributed by atoms with van der Waals surface area (Å²) in [5.74, 6) is -1.37. The topological polar surface area (TPSA) is 83.6 Å². The van der Waals surface area contributed by atoms with Gasteiger partial charge in [-0.15, -0.1) is 0 Å². The standard InChI is InChI=1S/C13H18N2O3/c1-13(2,12(17)18)15(3)11(16)10-6-4-9(8-14)5-7-10/h4-7H,8,14H2,1-3H3,(H,17,18). The predicted octanol–water partition coefficient (Wildman–Crippen LogP) is 1.08. The number of benzene rings is 1. The number of amides is 1. The van der Waals surface area contributed by atoms with Crippen LogP contribution in [0.4, 0.5) is 0 Å². The number of carboxylic acids is 1. The fourth-order valence-electron chi connectivity index (χ4n) is 1.37. The van der Waals surface area contributed by atoms with Crippen LogP contribution in [0, 0.1) is 0 Å². The molecule has 3 N–H and O–H groups in total. The molecule has 0 atom stereocenters. The molecular weight excluding hydrogens is 232 g/mol. The van der Waals surface area contributed by atoms with Gasteiger partial charge in [-0.1, -0.05) is 12.1 Å². The molecule has 0 aliphatic heterocycles. The summed E-state index contributed by atoms with van der Waals surface area (Å²) in [6.07, 6.45) is 0. The largest absolute Gasteiger partial charge is 0.480 e. The van der Waals surface area contributed by atoms with E-state index in [1.165, 1.54) is 25.8 Å². The Morgan fingerprint density at radius 3 is 2.17 bits per heavy atom. The summed E-state index contributed by atoms with van der Waals surface area (Å²) in [4.78, 5) is 24.4. The molecule has 0 bridgehead atoms. The van der Waals surface area contributed by atoms with Gasteiger partial charge in [0.15, 0.2) is 0 Å². The number of carbonyl (C=O) groups is 2. The van der Waals surface area contributed by atoms with Crippen molar-refractivity contribution in [3.63, 3.8) is 0 Å². The van der Waals surface area contributed by atoms with Gasteiger partial charge in [0.05, 0.1) is 0 Å². The highest BCUT2D eigenvalue weighted by Gasteiger charge is 2.35. The Labute approximate surface area is 106 Å². The van der Waals surface area contributed by atoms with Crippen LogP contribution < -0.4 is 5.73 Å². The first-order valence-electron chi connectivity index (χ1n) is 5.61. The molecule has 1 aromatic carbocycles. The Balaban J connectivity index is 2.96. The maximum absolute atomic E-state index is 12.1. The Kier molecular flexibility index (Phi) is 4.08. The minimum Gasteiger partial charge on any atom is -0.480 e. The van der Waals surface area contributed by atoms with Gasteiger partial charge in [-0.05, 0) is 31.5 Å². The van der Waals surface area contributed by atoms with Crippen LogP contribution in [-0.4, -0.2) is 34.5 Å². The van der Waals surface area contributed by atoms with Crippen LogP contribution in [0.15, 0.2) is 24.3 Å². The summed E-state index contributed by atoms with van der Waals surface area (Å²) < 4.78 is 0. The van der Waals surface area contributed by atoms with Crippen LogP contribution in [0.2, 0.25) is 0 Å². The van der Waals surface area contributed by atoms with Crippen LogP contribution in [0.25, 0.3) is 0 Å². The molecule has 1 amide bonds. The highest BCUT2D eigenvalue weighted by molar-refractivity contribution is 5.97. The van der Waals surface area contributed by atoms with Crippen molar-refractivity contribution in [2.24, 2.45) is 5.73 Å². The molecule has 0 heterocycles. The third-order valence-corrected chi connectivity index (χ3v) is 3.10. The first-order valence-corrected chi connectivity index (χ1v) is 5.61. The van der Waals surface area contributed by atoms with Crippen molar-refractivity contribution in [2.45, 2.75) is 25.9 Å². The lowest BCUT2D eigenvalue weighted by Crippen LogP contribution is -2.50. The van der Waals surface area contributed by atoms with E-state index in [2.05, 4.69) is 0 Å². The van der Waals surface area contributed by atoms with E-state index in [0.29, 0.717) is 12.1 Å². The van der Waals surface area contributed by atoms with Crippen LogP contribution in [0.5, 0.6) is 0 Å². The average Bonchev–Trinajstić information content (AvgIpc) is 2.36. The van der Waals surface area contributed by atoms with Gasteiger partial charge in [0.25, 0.3) is 5.91 Å². The Hall–Kier alpha value is -1.88. The number of aliphatic carboxylic acids is 1. The Bertz CT molecular complexity index is 452. The lowest BCUT2D eigenvalue weighted by atomic mass is 10.0. The van der Waals surface area contributed by atoms with E-state index in [9.17, 15) is 9.59 Å². The van der Waals surface area contributed by atoms with Gasteiger partial charge < -0.3 is 15.7 Å². The Morgan fingerprint density at radius 2 is 1.78 bits per heavy atom. The molecule has 18 heavy (non-hydrogen) atoms. The second-order valence-electron chi connectivity index (χ2n) is 4.63. The third-order valence-electron chi connectivity index (χ3n) is 3.10. The van der Waals surface area contributed by atoms with E-state index in [1.54, 1.807) is 24.3 Å². The molecule has 1 rings (SSSR count). The predicted molar refractivity (Wildman–Crippen MR) is 68.1 cm³/mol. The van der Waals surface area contributed by atoms with E-state index >= 15 is 0 Å². The number of nitrogens with two attached hydrogens (primary N) is 1. The molecule has 0 saturated carbocycles. The fraction of sp³-hybridized carbons (Fsp3) is 0.385. The molecule has 0 saturated heterocycles. The molecule has 0 aliphatic carbocycles.